The zero-order chi connectivity index (χ0) is 14.7. The quantitative estimate of drug-likeness (QED) is 0.628. The van der Waals surface area contributed by atoms with Crippen LogP contribution in [0.25, 0.3) is 0 Å². The fourth-order valence-electron chi connectivity index (χ4n) is 1.48. The lowest BCUT2D eigenvalue weighted by atomic mass is 10.3. The molecule has 0 unspecified atom stereocenters. The van der Waals surface area contributed by atoms with Crippen LogP contribution < -0.4 is 4.74 Å². The first-order valence-electron chi connectivity index (χ1n) is 5.33. The monoisotopic (exact) mass is 294 g/mol. The van der Waals surface area contributed by atoms with E-state index in [0.29, 0.717) is 0 Å². The summed E-state index contributed by atoms with van der Waals surface area (Å²) in [7, 11) is 0. The zero-order valence-corrected chi connectivity index (χ0v) is 10.6. The molecule has 7 nitrogen and oxygen atoms in total. The second-order valence-electron chi connectivity index (χ2n) is 3.72. The van der Waals surface area contributed by atoms with E-state index in [1.165, 1.54) is 42.5 Å². The molecule has 0 N–H and O–H groups in total. The lowest BCUT2D eigenvalue weighted by Gasteiger charge is -2.06. The Bertz CT molecular complexity index is 672. The minimum atomic E-state index is -0.618. The summed E-state index contributed by atoms with van der Waals surface area (Å²) < 4.78 is 5.34. The van der Waals surface area contributed by atoms with E-state index in [1.807, 2.05) is 0 Å². The molecule has 20 heavy (non-hydrogen) atoms. The van der Waals surface area contributed by atoms with Gasteiger partial charge in [0.15, 0.2) is 0 Å². The van der Waals surface area contributed by atoms with Crippen LogP contribution in [0.3, 0.4) is 0 Å². The van der Waals surface area contributed by atoms with E-state index in [-0.39, 0.29) is 27.9 Å². The summed E-state index contributed by atoms with van der Waals surface area (Å²) >= 11 is 5.68. The highest BCUT2D eigenvalue weighted by atomic mass is 35.5. The minimum Gasteiger partial charge on any atom is -0.450 e. The molecule has 0 amide bonds. The number of non-ortho nitro benzene ring substituents is 1. The van der Waals surface area contributed by atoms with Crippen LogP contribution in [-0.2, 0) is 0 Å². The summed E-state index contributed by atoms with van der Waals surface area (Å²) in [4.78, 5) is 20.2. The normalized spacial score (nSPS) is 10.1. The molecule has 0 aliphatic carbocycles. The maximum absolute atomic E-state index is 10.9. The second kappa shape index (κ2) is 5.54. The fraction of sp³-hybridized carbons (Fsp3) is 0. The van der Waals surface area contributed by atoms with Crippen LogP contribution >= 0.6 is 11.6 Å². The summed E-state index contributed by atoms with van der Waals surface area (Å²) in [5.74, 6) is 0.259. The molecule has 0 saturated heterocycles. The third kappa shape index (κ3) is 3.01. The van der Waals surface area contributed by atoms with Crippen LogP contribution in [0.15, 0.2) is 42.5 Å². The van der Waals surface area contributed by atoms with E-state index in [4.69, 9.17) is 16.3 Å². The molecule has 2 aromatic rings. The average molecular weight is 295 g/mol. The highest BCUT2D eigenvalue weighted by molar-refractivity contribution is 6.30. The van der Waals surface area contributed by atoms with Gasteiger partial charge in [0.2, 0.25) is 5.75 Å². The van der Waals surface area contributed by atoms with Gasteiger partial charge in [0.05, 0.1) is 9.85 Å². The van der Waals surface area contributed by atoms with Gasteiger partial charge in [-0.05, 0) is 24.3 Å². The Balaban J connectivity index is 2.30. The van der Waals surface area contributed by atoms with Crippen molar-refractivity contribution in [2.45, 2.75) is 0 Å². The number of halogens is 1. The predicted octanol–water partition coefficient (Wildman–Crippen LogP) is 3.95. The zero-order valence-electron chi connectivity index (χ0n) is 9.86. The molecule has 0 radical (unpaired) electrons. The van der Waals surface area contributed by atoms with E-state index in [0.717, 1.165) is 0 Å². The molecule has 8 heteroatoms. The summed E-state index contributed by atoms with van der Waals surface area (Å²) in [5, 5.41) is 21.6. The molecular weight excluding hydrogens is 288 g/mol. The first kappa shape index (κ1) is 13.8. The van der Waals surface area contributed by atoms with Crippen molar-refractivity contribution in [3.05, 3.63) is 67.7 Å². The second-order valence-corrected chi connectivity index (χ2v) is 4.16. The Kier molecular flexibility index (Phi) is 3.81. The van der Waals surface area contributed by atoms with Crippen LogP contribution in [0.4, 0.5) is 11.4 Å². The molecule has 2 rings (SSSR count). The van der Waals surface area contributed by atoms with E-state index in [1.54, 1.807) is 0 Å². The van der Waals surface area contributed by atoms with Gasteiger partial charge in [-0.3, -0.25) is 20.2 Å². The third-order valence-electron chi connectivity index (χ3n) is 2.39. The van der Waals surface area contributed by atoms with Crippen molar-refractivity contribution in [3.63, 3.8) is 0 Å². The average Bonchev–Trinajstić information content (AvgIpc) is 2.41. The lowest BCUT2D eigenvalue weighted by molar-refractivity contribution is -0.385. The van der Waals surface area contributed by atoms with Gasteiger partial charge in [0.1, 0.15) is 5.75 Å². The fourth-order valence-corrected chi connectivity index (χ4v) is 1.65. The maximum atomic E-state index is 10.9. The van der Waals surface area contributed by atoms with Crippen molar-refractivity contribution < 1.29 is 14.6 Å². The standard InChI is InChI=1S/C12H7ClN2O5/c13-8-1-6-12(11(7-8)15(18)19)20-10-4-2-9(3-5-10)14(16)17/h1-7H. The molecule has 0 aromatic heterocycles. The Labute approximate surface area is 117 Å². The summed E-state index contributed by atoms with van der Waals surface area (Å²) in [6, 6.07) is 9.19. The molecule has 0 bridgehead atoms. The number of hydrogen-bond donors (Lipinski definition) is 0. The van der Waals surface area contributed by atoms with Crippen molar-refractivity contribution >= 4 is 23.0 Å². The largest absolute Gasteiger partial charge is 0.450 e. The van der Waals surface area contributed by atoms with Crippen molar-refractivity contribution in [1.82, 2.24) is 0 Å². The first-order valence-corrected chi connectivity index (χ1v) is 5.71. The van der Waals surface area contributed by atoms with Crippen molar-refractivity contribution in [2.24, 2.45) is 0 Å². The highest BCUT2D eigenvalue weighted by Gasteiger charge is 2.16. The Morgan fingerprint density at radius 2 is 1.60 bits per heavy atom. The van der Waals surface area contributed by atoms with Gasteiger partial charge in [-0.25, -0.2) is 0 Å². The maximum Gasteiger partial charge on any atom is 0.313 e. The summed E-state index contributed by atoms with van der Waals surface area (Å²) in [6.07, 6.45) is 0. The number of nitrogens with zero attached hydrogens (tertiary/aromatic N) is 2. The molecule has 0 atom stereocenters. The first-order chi connectivity index (χ1) is 9.47. The molecule has 0 saturated carbocycles. The number of hydrogen-bond acceptors (Lipinski definition) is 5. The van der Waals surface area contributed by atoms with Gasteiger partial charge in [0, 0.05) is 23.2 Å². The van der Waals surface area contributed by atoms with E-state index < -0.39 is 9.85 Å². The number of rotatable bonds is 4. The van der Waals surface area contributed by atoms with Crippen LogP contribution in [-0.4, -0.2) is 9.85 Å². The van der Waals surface area contributed by atoms with Gasteiger partial charge >= 0.3 is 5.69 Å². The van der Waals surface area contributed by atoms with Gasteiger partial charge in [-0.1, -0.05) is 11.6 Å². The van der Waals surface area contributed by atoms with Gasteiger partial charge in [0.25, 0.3) is 5.69 Å². The lowest BCUT2D eigenvalue weighted by Crippen LogP contribution is -1.94. The molecule has 0 aliphatic rings. The molecule has 102 valence electrons. The highest BCUT2D eigenvalue weighted by Crippen LogP contribution is 2.33. The third-order valence-corrected chi connectivity index (χ3v) is 2.63. The summed E-state index contributed by atoms with van der Waals surface area (Å²) in [5.41, 5.74) is -0.376. The molecule has 0 fully saturated rings. The van der Waals surface area contributed by atoms with E-state index in [2.05, 4.69) is 0 Å². The number of ether oxygens (including phenoxy) is 1. The van der Waals surface area contributed by atoms with Crippen LogP contribution in [0.1, 0.15) is 0 Å². The Morgan fingerprint density at radius 3 is 2.15 bits per heavy atom. The predicted molar refractivity (Wildman–Crippen MR) is 71.3 cm³/mol. The van der Waals surface area contributed by atoms with Crippen LogP contribution in [0, 0.1) is 20.2 Å². The topological polar surface area (TPSA) is 95.5 Å². The van der Waals surface area contributed by atoms with Crippen LogP contribution in [0.2, 0.25) is 5.02 Å². The van der Waals surface area contributed by atoms with Crippen molar-refractivity contribution in [1.29, 1.82) is 0 Å². The molecule has 2 aromatic carbocycles. The molecular formula is C12H7ClN2O5. The summed E-state index contributed by atoms with van der Waals surface area (Å²) in [6.45, 7) is 0. The van der Waals surface area contributed by atoms with Crippen molar-refractivity contribution in [3.8, 4) is 11.5 Å². The Hall–Kier alpha value is -2.67. The van der Waals surface area contributed by atoms with E-state index >= 15 is 0 Å². The van der Waals surface area contributed by atoms with Crippen molar-refractivity contribution in [2.75, 3.05) is 0 Å². The number of benzene rings is 2. The minimum absolute atomic E-state index is 0.00764. The van der Waals surface area contributed by atoms with E-state index in [9.17, 15) is 20.2 Å². The van der Waals surface area contributed by atoms with Gasteiger partial charge in [-0.15, -0.1) is 0 Å². The molecule has 0 heterocycles. The Morgan fingerprint density at radius 1 is 0.950 bits per heavy atom. The smallest absolute Gasteiger partial charge is 0.313 e. The molecule has 0 spiro atoms. The number of nitro benzene ring substituents is 2. The van der Waals surface area contributed by atoms with Crippen LogP contribution in [0.5, 0.6) is 11.5 Å². The number of nitro groups is 2. The van der Waals surface area contributed by atoms with Gasteiger partial charge < -0.3 is 4.74 Å². The van der Waals surface area contributed by atoms with Gasteiger partial charge in [-0.2, -0.15) is 0 Å². The molecule has 0 aliphatic heterocycles. The SMILES string of the molecule is O=[N+]([O-])c1ccc(Oc2ccc(Cl)cc2[N+](=O)[O-])cc1.